The van der Waals surface area contributed by atoms with Crippen molar-refractivity contribution in [2.45, 2.75) is 23.7 Å². The van der Waals surface area contributed by atoms with Gasteiger partial charge in [-0.2, -0.15) is 0 Å². The van der Waals surface area contributed by atoms with Crippen molar-refractivity contribution < 1.29 is 17.9 Å². The lowest BCUT2D eigenvalue weighted by molar-refractivity contribution is -0.117. The lowest BCUT2D eigenvalue weighted by Crippen LogP contribution is -2.47. The van der Waals surface area contributed by atoms with Crippen molar-refractivity contribution >= 4 is 61.4 Å². The fourth-order valence-electron chi connectivity index (χ4n) is 2.40. The molecule has 0 saturated heterocycles. The molecule has 0 fully saturated rings. The molecule has 0 aliphatic carbocycles. The van der Waals surface area contributed by atoms with Crippen LogP contribution in [0.4, 0.5) is 10.8 Å². The summed E-state index contributed by atoms with van der Waals surface area (Å²) in [5.74, 6) is -0.231. The zero-order chi connectivity index (χ0) is 20.2. The van der Waals surface area contributed by atoms with Crippen LogP contribution in [0.3, 0.4) is 0 Å². The zero-order valence-electron chi connectivity index (χ0n) is 15.1. The number of aromatic nitrogens is 2. The molecule has 1 heterocycles. The number of hydrogen-bond acceptors (Lipinski definition) is 8. The molecule has 0 aliphatic heterocycles. The Balaban J connectivity index is 2.44. The Hall–Kier alpha value is -1.56. The van der Waals surface area contributed by atoms with Crippen molar-refractivity contribution in [1.82, 2.24) is 10.2 Å². The zero-order valence-corrected chi connectivity index (χ0v) is 18.3. The molecule has 1 aromatic heterocycles. The van der Waals surface area contributed by atoms with Crippen LogP contribution in [0.15, 0.2) is 22.5 Å². The first-order chi connectivity index (χ1) is 12.7. The molecular weight excluding hydrogens is 432 g/mol. The van der Waals surface area contributed by atoms with E-state index < -0.39 is 22.0 Å². The van der Waals surface area contributed by atoms with Gasteiger partial charge in [-0.3, -0.25) is 14.4 Å². The van der Waals surface area contributed by atoms with Gasteiger partial charge in [0.1, 0.15) is 11.8 Å². The van der Waals surface area contributed by atoms with Gasteiger partial charge < -0.3 is 4.74 Å². The second kappa shape index (κ2) is 9.09. The number of nitrogens with zero attached hydrogens (tertiary/aromatic N) is 3. The van der Waals surface area contributed by atoms with Crippen LogP contribution in [0.1, 0.15) is 13.3 Å². The number of methoxy groups -OCH3 is 1. The van der Waals surface area contributed by atoms with E-state index in [1.54, 1.807) is 19.1 Å². The van der Waals surface area contributed by atoms with Crippen LogP contribution in [-0.2, 0) is 14.8 Å². The highest BCUT2D eigenvalue weighted by Gasteiger charge is 2.34. The Morgan fingerprint density at radius 3 is 2.67 bits per heavy atom. The number of halogens is 1. The van der Waals surface area contributed by atoms with E-state index in [4.69, 9.17) is 16.3 Å². The van der Waals surface area contributed by atoms with Gasteiger partial charge in [0.05, 0.1) is 19.1 Å². The number of thioether (sulfide) groups is 1. The Kier molecular flexibility index (Phi) is 7.32. The number of nitrogens with one attached hydrogen (secondary N) is 1. The average Bonchev–Trinajstić information content (AvgIpc) is 3.05. The smallest absolute Gasteiger partial charge is 0.250 e. The number of carbonyl (C=O) groups is 1. The fourth-order valence-corrected chi connectivity index (χ4v) is 4.95. The number of amides is 1. The Morgan fingerprint density at radius 2 is 2.15 bits per heavy atom. The molecule has 2 aromatic rings. The summed E-state index contributed by atoms with van der Waals surface area (Å²) in [4.78, 5) is 12.8. The molecule has 12 heteroatoms. The number of hydrogen-bond donors (Lipinski definition) is 1. The predicted molar refractivity (Wildman–Crippen MR) is 110 cm³/mol. The van der Waals surface area contributed by atoms with E-state index in [-0.39, 0.29) is 17.9 Å². The van der Waals surface area contributed by atoms with Crippen LogP contribution in [0.25, 0.3) is 0 Å². The quantitative estimate of drug-likeness (QED) is 0.487. The van der Waals surface area contributed by atoms with Crippen LogP contribution >= 0.6 is 34.7 Å². The molecule has 8 nitrogen and oxygen atoms in total. The summed E-state index contributed by atoms with van der Waals surface area (Å²) in [6, 6.07) is 3.56. The molecule has 27 heavy (non-hydrogen) atoms. The summed E-state index contributed by atoms with van der Waals surface area (Å²) >= 11 is 8.66. The summed E-state index contributed by atoms with van der Waals surface area (Å²) in [6.07, 6.45) is 3.10. The first-order valence-corrected chi connectivity index (χ1v) is 12.0. The molecule has 0 spiro atoms. The van der Waals surface area contributed by atoms with Gasteiger partial charge in [-0.1, -0.05) is 41.6 Å². The highest BCUT2D eigenvalue weighted by atomic mass is 35.5. The summed E-state index contributed by atoms with van der Waals surface area (Å²) in [7, 11) is -2.40. The van der Waals surface area contributed by atoms with E-state index in [1.165, 1.54) is 36.3 Å². The molecule has 1 aromatic carbocycles. The summed E-state index contributed by atoms with van der Waals surface area (Å²) < 4.78 is 32.0. The van der Waals surface area contributed by atoms with Gasteiger partial charge in [0, 0.05) is 5.02 Å². The molecular formula is C15H19ClN4O4S3. The standard InChI is InChI=1S/C15H19ClN4O4S3/c1-5-10(13(21)17-14-18-19-15(25-3)26-14)20(27(4,22)23)11-8-9(16)6-7-12(11)24-2/h6-8,10H,5H2,1-4H3,(H,17,18,21). The molecule has 0 radical (unpaired) electrons. The monoisotopic (exact) mass is 450 g/mol. The molecule has 148 valence electrons. The van der Waals surface area contributed by atoms with Gasteiger partial charge in [-0.15, -0.1) is 10.2 Å². The molecule has 0 saturated carbocycles. The normalized spacial score (nSPS) is 12.5. The predicted octanol–water partition coefficient (Wildman–Crippen LogP) is 3.11. The van der Waals surface area contributed by atoms with Crippen molar-refractivity contribution in [2.24, 2.45) is 0 Å². The Bertz CT molecular complexity index is 920. The second-order valence-corrected chi connectivity index (χ2v) is 9.69. The van der Waals surface area contributed by atoms with E-state index in [2.05, 4.69) is 15.5 Å². The minimum atomic E-state index is -3.82. The van der Waals surface area contributed by atoms with Crippen molar-refractivity contribution in [2.75, 3.05) is 29.2 Å². The van der Waals surface area contributed by atoms with Gasteiger partial charge >= 0.3 is 0 Å². The number of rotatable bonds is 8. The van der Waals surface area contributed by atoms with Crippen molar-refractivity contribution in [3.8, 4) is 5.75 Å². The van der Waals surface area contributed by atoms with Crippen LogP contribution in [0, 0.1) is 0 Å². The lowest BCUT2D eigenvalue weighted by Gasteiger charge is -2.30. The van der Waals surface area contributed by atoms with Crippen LogP contribution in [0.2, 0.25) is 5.02 Å². The first kappa shape index (κ1) is 21.7. The van der Waals surface area contributed by atoms with Crippen LogP contribution in [-0.4, -0.2) is 50.2 Å². The number of benzene rings is 1. The Morgan fingerprint density at radius 1 is 1.44 bits per heavy atom. The highest BCUT2D eigenvalue weighted by Crippen LogP contribution is 2.35. The molecule has 1 N–H and O–H groups in total. The summed E-state index contributed by atoms with van der Waals surface area (Å²) in [6.45, 7) is 1.72. The topological polar surface area (TPSA) is 101 Å². The minimum absolute atomic E-state index is 0.191. The maximum atomic E-state index is 12.8. The van der Waals surface area contributed by atoms with Gasteiger partial charge in [0.15, 0.2) is 4.34 Å². The maximum absolute atomic E-state index is 12.8. The fraction of sp³-hybridized carbons (Fsp3) is 0.400. The maximum Gasteiger partial charge on any atom is 0.250 e. The van der Waals surface area contributed by atoms with Crippen LogP contribution in [0.5, 0.6) is 5.75 Å². The SMILES string of the molecule is CCC(C(=O)Nc1nnc(SC)s1)N(c1cc(Cl)ccc1OC)S(C)(=O)=O. The van der Waals surface area contributed by atoms with Gasteiger partial charge in [0.2, 0.25) is 21.1 Å². The molecule has 1 atom stereocenters. The largest absolute Gasteiger partial charge is 0.495 e. The highest BCUT2D eigenvalue weighted by molar-refractivity contribution is 8.00. The molecule has 1 unspecified atom stereocenters. The number of carbonyl (C=O) groups excluding carboxylic acids is 1. The second-order valence-electron chi connectivity index (χ2n) is 5.37. The van der Waals surface area contributed by atoms with Gasteiger partial charge in [-0.25, -0.2) is 8.42 Å². The van der Waals surface area contributed by atoms with Crippen LogP contribution < -0.4 is 14.4 Å². The molecule has 1 amide bonds. The van der Waals surface area contributed by atoms with E-state index in [0.717, 1.165) is 10.6 Å². The van der Waals surface area contributed by atoms with E-state index in [1.807, 2.05) is 6.26 Å². The third-order valence-corrected chi connectivity index (χ3v) is 6.73. The van der Waals surface area contributed by atoms with E-state index in [9.17, 15) is 13.2 Å². The number of ether oxygens (including phenoxy) is 1. The third-order valence-electron chi connectivity index (χ3n) is 3.52. The first-order valence-electron chi connectivity index (χ1n) is 7.72. The number of anilines is 2. The van der Waals surface area contributed by atoms with Crippen molar-refractivity contribution in [3.05, 3.63) is 23.2 Å². The lowest BCUT2D eigenvalue weighted by atomic mass is 10.2. The van der Waals surface area contributed by atoms with E-state index in [0.29, 0.717) is 14.5 Å². The Labute approximate surface area is 171 Å². The number of sulfonamides is 1. The van der Waals surface area contributed by atoms with Crippen molar-refractivity contribution in [3.63, 3.8) is 0 Å². The van der Waals surface area contributed by atoms with Gasteiger partial charge in [0.25, 0.3) is 0 Å². The molecule has 0 bridgehead atoms. The average molecular weight is 451 g/mol. The van der Waals surface area contributed by atoms with Crippen molar-refractivity contribution in [1.29, 1.82) is 0 Å². The minimum Gasteiger partial charge on any atom is -0.495 e. The summed E-state index contributed by atoms with van der Waals surface area (Å²) in [5.41, 5.74) is 0.191. The van der Waals surface area contributed by atoms with Gasteiger partial charge in [-0.05, 0) is 30.9 Å². The summed E-state index contributed by atoms with van der Waals surface area (Å²) in [5, 5.41) is 11.1. The van der Waals surface area contributed by atoms with E-state index >= 15 is 0 Å². The third kappa shape index (κ3) is 5.24. The molecule has 0 aliphatic rings. The molecule has 2 rings (SSSR count).